The van der Waals surface area contributed by atoms with E-state index in [1.54, 1.807) is 53.4 Å². The van der Waals surface area contributed by atoms with E-state index in [0.29, 0.717) is 40.4 Å². The molecule has 3 N–H and O–H groups in total. The van der Waals surface area contributed by atoms with Crippen LogP contribution in [0.2, 0.25) is 5.02 Å². The minimum atomic E-state index is -3.57. The van der Waals surface area contributed by atoms with Crippen LogP contribution in [0.25, 0.3) is 11.4 Å². The summed E-state index contributed by atoms with van der Waals surface area (Å²) in [6.07, 6.45) is 3.88. The molecular formula is C32H32ClN5O6S2. The lowest BCUT2D eigenvalue weighted by molar-refractivity contribution is -0.138. The lowest BCUT2D eigenvalue weighted by Gasteiger charge is -2.49. The second kappa shape index (κ2) is 13.5. The van der Waals surface area contributed by atoms with E-state index in [1.165, 1.54) is 0 Å². The summed E-state index contributed by atoms with van der Waals surface area (Å²) in [5.41, 5.74) is 5.74. The fourth-order valence-electron chi connectivity index (χ4n) is 6.49. The number of H-pyrrole nitrogens is 1. The number of nitrogens with zero attached hydrogens (tertiary/aromatic N) is 2. The van der Waals surface area contributed by atoms with Crippen molar-refractivity contribution >= 4 is 45.7 Å². The summed E-state index contributed by atoms with van der Waals surface area (Å²) in [6, 6.07) is 19.6. The number of hydrogen-bond donors (Lipinski definition) is 3. The number of benzene rings is 3. The molecule has 0 unspecified atom stereocenters. The third kappa shape index (κ3) is 6.93. The number of halogens is 1. The minimum absolute atomic E-state index is 0.0454. The van der Waals surface area contributed by atoms with Crippen LogP contribution in [0.5, 0.6) is 0 Å². The summed E-state index contributed by atoms with van der Waals surface area (Å²) in [7, 11) is -3.57. The van der Waals surface area contributed by atoms with Gasteiger partial charge >= 0.3 is 0 Å². The zero-order valence-corrected chi connectivity index (χ0v) is 27.2. The van der Waals surface area contributed by atoms with Gasteiger partial charge in [0.25, 0.3) is 16.7 Å². The number of sulfonamides is 1. The van der Waals surface area contributed by atoms with Crippen molar-refractivity contribution in [3.63, 3.8) is 0 Å². The molecule has 1 aromatic heterocycles. The van der Waals surface area contributed by atoms with Gasteiger partial charge in [-0.2, -0.15) is 0 Å². The van der Waals surface area contributed by atoms with Crippen LogP contribution in [0.3, 0.4) is 0 Å². The molecule has 0 spiro atoms. The van der Waals surface area contributed by atoms with Crippen molar-refractivity contribution in [1.29, 1.82) is 0 Å². The van der Waals surface area contributed by atoms with Crippen LogP contribution < -0.4 is 10.2 Å². The number of aromatic amines is 1. The van der Waals surface area contributed by atoms with E-state index in [-0.39, 0.29) is 17.4 Å². The van der Waals surface area contributed by atoms with Gasteiger partial charge in [0.15, 0.2) is 5.82 Å². The number of rotatable bonds is 9. The predicted octanol–water partition coefficient (Wildman–Crippen LogP) is 5.44. The van der Waals surface area contributed by atoms with Crippen molar-refractivity contribution < 1.29 is 27.4 Å². The molecule has 240 valence electrons. The maximum Gasteiger partial charge on any atom is 0.295 e. The zero-order chi connectivity index (χ0) is 32.4. The third-order valence-electron chi connectivity index (χ3n) is 8.37. The largest absolute Gasteiger partial charge is 0.326 e. The predicted molar refractivity (Wildman–Crippen MR) is 174 cm³/mol. The van der Waals surface area contributed by atoms with Crippen molar-refractivity contribution in [2.45, 2.75) is 56.3 Å². The maximum atomic E-state index is 14.3. The molecule has 2 heterocycles. The molecule has 4 aromatic rings. The second-order valence-corrected chi connectivity index (χ2v) is 14.1. The molecule has 3 aromatic carbocycles. The number of carbonyl (C=O) groups excluding carboxylic acids is 2. The Kier molecular flexibility index (Phi) is 9.39. The van der Waals surface area contributed by atoms with E-state index in [0.717, 1.165) is 30.2 Å². The Morgan fingerprint density at radius 1 is 1.11 bits per heavy atom. The molecule has 1 aliphatic heterocycles. The molecule has 1 aliphatic carbocycles. The number of hydrogen-bond acceptors (Lipinski definition) is 8. The first-order valence-electron chi connectivity index (χ1n) is 14.8. The van der Waals surface area contributed by atoms with Gasteiger partial charge in [-0.25, -0.2) is 18.6 Å². The van der Waals surface area contributed by atoms with Crippen molar-refractivity contribution in [1.82, 2.24) is 25.2 Å². The first-order chi connectivity index (χ1) is 22.1. The molecule has 0 bridgehead atoms. The minimum Gasteiger partial charge on any atom is -0.326 e. The Morgan fingerprint density at radius 3 is 2.61 bits per heavy atom. The van der Waals surface area contributed by atoms with Gasteiger partial charge in [-0.05, 0) is 66.0 Å². The van der Waals surface area contributed by atoms with Gasteiger partial charge in [0.1, 0.15) is 0 Å². The highest BCUT2D eigenvalue weighted by molar-refractivity contribution is 7.88. The Balaban J connectivity index is 1.34. The van der Waals surface area contributed by atoms with Crippen molar-refractivity contribution in [3.05, 3.63) is 105 Å². The lowest BCUT2D eigenvalue weighted by atomic mass is 9.76. The SMILES string of the molecule is CS(=O)(=O)N[C@H]1CCCC[C@@H]1N1C(=O)c2ccccc2[C@@H](C(=O)NOCc2cccc(-c3noc(=S)[nH]3)c2)[C@@H]1c1ccc(Cl)cc1. The first kappa shape index (κ1) is 32.1. The van der Waals surface area contributed by atoms with Gasteiger partial charge < -0.3 is 9.42 Å². The fourth-order valence-corrected chi connectivity index (χ4v) is 7.57. The summed E-state index contributed by atoms with van der Waals surface area (Å²) >= 11 is 11.2. The molecule has 0 saturated heterocycles. The van der Waals surface area contributed by atoms with Crippen LogP contribution in [0, 0.1) is 4.84 Å². The molecule has 6 rings (SSSR count). The van der Waals surface area contributed by atoms with Gasteiger partial charge in [0, 0.05) is 28.2 Å². The summed E-state index contributed by atoms with van der Waals surface area (Å²) in [5, 5.41) is 4.42. The number of aromatic nitrogens is 2. The van der Waals surface area contributed by atoms with E-state index in [4.69, 9.17) is 33.2 Å². The van der Waals surface area contributed by atoms with E-state index in [9.17, 15) is 18.0 Å². The van der Waals surface area contributed by atoms with Crippen LogP contribution in [0.15, 0.2) is 77.3 Å². The Morgan fingerprint density at radius 2 is 1.87 bits per heavy atom. The molecule has 11 nitrogen and oxygen atoms in total. The van der Waals surface area contributed by atoms with Crippen molar-refractivity contribution in [3.8, 4) is 11.4 Å². The zero-order valence-electron chi connectivity index (χ0n) is 24.8. The number of hydroxylamine groups is 1. The Bertz CT molecular complexity index is 1910. The monoisotopic (exact) mass is 681 g/mol. The normalized spacial score (nSPS) is 21.5. The van der Waals surface area contributed by atoms with Crippen LogP contribution in [0.1, 0.15) is 64.7 Å². The number of fused-ring (bicyclic) bond motifs is 1. The summed E-state index contributed by atoms with van der Waals surface area (Å²) in [5.74, 6) is -1.13. The number of carbonyl (C=O) groups is 2. The third-order valence-corrected chi connectivity index (χ3v) is 9.53. The van der Waals surface area contributed by atoms with Crippen molar-refractivity contribution in [2.75, 3.05) is 6.26 Å². The smallest absolute Gasteiger partial charge is 0.295 e. The average Bonchev–Trinajstić information content (AvgIpc) is 3.47. The van der Waals surface area contributed by atoms with Crippen molar-refractivity contribution in [2.24, 2.45) is 0 Å². The highest BCUT2D eigenvalue weighted by Crippen LogP contribution is 2.46. The quantitative estimate of drug-likeness (QED) is 0.156. The molecule has 2 aliphatic rings. The van der Waals surface area contributed by atoms with Gasteiger partial charge in [-0.15, -0.1) is 0 Å². The molecule has 14 heteroatoms. The molecule has 0 radical (unpaired) electrons. The van der Waals surface area contributed by atoms with Crippen LogP contribution >= 0.6 is 23.8 Å². The van der Waals surface area contributed by atoms with E-state index < -0.39 is 40.0 Å². The average molecular weight is 682 g/mol. The molecule has 1 fully saturated rings. The summed E-state index contributed by atoms with van der Waals surface area (Å²) in [4.78, 5) is 39.0. The van der Waals surface area contributed by atoms with Gasteiger partial charge in [0.05, 0.1) is 24.8 Å². The van der Waals surface area contributed by atoms with E-state index >= 15 is 0 Å². The first-order valence-corrected chi connectivity index (χ1v) is 17.5. The molecule has 46 heavy (non-hydrogen) atoms. The lowest BCUT2D eigenvalue weighted by Crippen LogP contribution is -2.59. The number of amides is 2. The highest BCUT2D eigenvalue weighted by atomic mass is 35.5. The summed E-state index contributed by atoms with van der Waals surface area (Å²) < 4.78 is 32.5. The molecule has 4 atom stereocenters. The Labute approximate surface area is 276 Å². The van der Waals surface area contributed by atoms with Crippen LogP contribution in [-0.2, 0) is 26.3 Å². The second-order valence-electron chi connectivity index (χ2n) is 11.5. The van der Waals surface area contributed by atoms with Gasteiger partial charge in [-0.1, -0.05) is 78.1 Å². The highest BCUT2D eigenvalue weighted by Gasteiger charge is 2.49. The molecular weight excluding hydrogens is 650 g/mol. The number of nitrogens with one attached hydrogen (secondary N) is 3. The Hall–Kier alpha value is -3.88. The van der Waals surface area contributed by atoms with E-state index in [1.807, 2.05) is 24.3 Å². The standard InChI is InChI=1S/C32H32ClN5O6S2/c1-46(41,42)37-25-11-4-5-12-26(25)38-28(20-13-15-22(33)16-14-20)27(23-9-2-3-10-24(23)31(38)40)30(39)36-43-18-19-7-6-8-21(17-19)29-34-32(45)44-35-29/h2-3,6-10,13-17,25-28,37H,4-5,11-12,18H2,1H3,(H,36,39)(H,34,35,45)/t25-,26-,27+,28-/m0/s1. The van der Waals surface area contributed by atoms with Crippen LogP contribution in [-0.4, -0.2) is 53.6 Å². The van der Waals surface area contributed by atoms with Crippen LogP contribution in [0.4, 0.5) is 0 Å². The molecule has 2 amide bonds. The van der Waals surface area contributed by atoms with Gasteiger partial charge in [-0.3, -0.25) is 19.4 Å². The fraction of sp³-hybridized carbons (Fsp3) is 0.312. The molecule has 1 saturated carbocycles. The van der Waals surface area contributed by atoms with E-state index in [2.05, 4.69) is 20.3 Å². The summed E-state index contributed by atoms with van der Waals surface area (Å²) in [6.45, 7) is 0.0454. The topological polar surface area (TPSA) is 147 Å². The van der Waals surface area contributed by atoms with Gasteiger partial charge in [0.2, 0.25) is 10.0 Å². The maximum absolute atomic E-state index is 14.3.